The monoisotopic (exact) mass is 485 g/mol. The fourth-order valence-electron chi connectivity index (χ4n) is 4.13. The first-order valence-electron chi connectivity index (χ1n) is 11.1. The minimum absolute atomic E-state index is 0.00205. The van der Waals surface area contributed by atoms with Crippen molar-refractivity contribution in [1.29, 1.82) is 0 Å². The van der Waals surface area contributed by atoms with Crippen molar-refractivity contribution in [1.82, 2.24) is 30.5 Å². The number of benzene rings is 1. The van der Waals surface area contributed by atoms with Crippen LogP contribution in [0.2, 0.25) is 5.02 Å². The highest BCUT2D eigenvalue weighted by Gasteiger charge is 2.25. The quantitative estimate of drug-likeness (QED) is 0.529. The molecular formula is C23H25ClFN7O2. The Hall–Kier alpha value is -3.40. The third-order valence-corrected chi connectivity index (χ3v) is 6.29. The lowest BCUT2D eigenvalue weighted by Gasteiger charge is -2.25. The molecule has 3 N–H and O–H groups in total. The highest BCUT2D eigenvalue weighted by molar-refractivity contribution is 6.30. The molecule has 3 aromatic rings. The number of aromatic nitrogens is 5. The van der Waals surface area contributed by atoms with Gasteiger partial charge in [0.2, 0.25) is 11.7 Å². The molecule has 4 rings (SSSR count). The number of aryl methyl sites for hydroxylation is 1. The molecule has 0 saturated heterocycles. The number of pyridine rings is 1. The van der Waals surface area contributed by atoms with Gasteiger partial charge in [-0.1, -0.05) is 17.7 Å². The van der Waals surface area contributed by atoms with Gasteiger partial charge in [0.15, 0.2) is 0 Å². The van der Waals surface area contributed by atoms with Gasteiger partial charge < -0.3 is 11.1 Å². The molecule has 2 heterocycles. The van der Waals surface area contributed by atoms with Crippen LogP contribution in [0.4, 0.5) is 4.39 Å². The molecule has 1 aliphatic rings. The highest BCUT2D eigenvalue weighted by atomic mass is 35.5. The van der Waals surface area contributed by atoms with E-state index >= 15 is 0 Å². The van der Waals surface area contributed by atoms with Crippen molar-refractivity contribution in [2.24, 2.45) is 17.6 Å². The van der Waals surface area contributed by atoms with Crippen LogP contribution in [0.15, 0.2) is 30.3 Å². The minimum atomic E-state index is -0.513. The molecule has 9 nitrogen and oxygen atoms in total. The molecule has 2 amide bonds. The van der Waals surface area contributed by atoms with Crippen LogP contribution in [0.1, 0.15) is 47.4 Å². The molecule has 0 radical (unpaired) electrons. The van der Waals surface area contributed by atoms with Crippen molar-refractivity contribution >= 4 is 23.4 Å². The number of rotatable bonds is 7. The summed E-state index contributed by atoms with van der Waals surface area (Å²) >= 11 is 5.80. The summed E-state index contributed by atoms with van der Waals surface area (Å²) in [6.45, 7) is 2.56. The van der Waals surface area contributed by atoms with Crippen LogP contribution < -0.4 is 11.1 Å². The van der Waals surface area contributed by atoms with Gasteiger partial charge in [-0.05, 0) is 73.6 Å². The smallest absolute Gasteiger partial charge is 0.270 e. The molecule has 178 valence electrons. The van der Waals surface area contributed by atoms with Crippen molar-refractivity contribution in [2.45, 2.75) is 45.7 Å². The van der Waals surface area contributed by atoms with E-state index in [1.54, 1.807) is 29.9 Å². The Morgan fingerprint density at radius 2 is 1.97 bits per heavy atom. The maximum absolute atomic E-state index is 13.3. The van der Waals surface area contributed by atoms with Gasteiger partial charge >= 0.3 is 0 Å². The Balaban J connectivity index is 1.41. The molecule has 34 heavy (non-hydrogen) atoms. The zero-order valence-corrected chi connectivity index (χ0v) is 19.4. The number of tetrazole rings is 1. The van der Waals surface area contributed by atoms with Crippen LogP contribution in [0.25, 0.3) is 11.4 Å². The predicted molar refractivity (Wildman–Crippen MR) is 123 cm³/mol. The molecular weight excluding hydrogens is 461 g/mol. The molecule has 1 saturated carbocycles. The molecule has 2 aromatic heterocycles. The summed E-state index contributed by atoms with van der Waals surface area (Å²) < 4.78 is 13.3. The minimum Gasteiger partial charge on any atom is -0.369 e. The second kappa shape index (κ2) is 10.3. The van der Waals surface area contributed by atoms with Gasteiger partial charge in [0, 0.05) is 23.7 Å². The van der Waals surface area contributed by atoms with Crippen LogP contribution in [-0.2, 0) is 17.9 Å². The van der Waals surface area contributed by atoms with Crippen LogP contribution in [0, 0.1) is 24.6 Å². The number of halogens is 2. The molecule has 0 atom stereocenters. The van der Waals surface area contributed by atoms with E-state index in [9.17, 15) is 14.0 Å². The fourth-order valence-corrected chi connectivity index (χ4v) is 4.34. The summed E-state index contributed by atoms with van der Waals surface area (Å²) in [7, 11) is 0. The Bertz CT molecular complexity index is 1210. The average molecular weight is 486 g/mol. The maximum atomic E-state index is 13.3. The summed E-state index contributed by atoms with van der Waals surface area (Å²) in [4.78, 5) is 29.9. The van der Waals surface area contributed by atoms with E-state index in [1.807, 2.05) is 0 Å². The zero-order valence-electron chi connectivity index (χ0n) is 18.7. The van der Waals surface area contributed by atoms with Gasteiger partial charge in [0.25, 0.3) is 5.91 Å². The van der Waals surface area contributed by atoms with Gasteiger partial charge in [0.1, 0.15) is 11.5 Å². The van der Waals surface area contributed by atoms with E-state index in [1.165, 1.54) is 12.1 Å². The summed E-state index contributed by atoms with van der Waals surface area (Å²) in [5.41, 5.74) is 7.55. The largest absolute Gasteiger partial charge is 0.369 e. The molecule has 0 bridgehead atoms. The SMILES string of the molecule is Cc1cc(-c2nnn(CC3CCC(C(N)=O)CC3)n2)cc(C(=O)NCc2ccc(F)c(Cl)c2)n1. The van der Waals surface area contributed by atoms with E-state index in [-0.39, 0.29) is 35.0 Å². The number of nitrogens with one attached hydrogen (secondary N) is 1. The van der Waals surface area contributed by atoms with Crippen LogP contribution in [0.5, 0.6) is 0 Å². The molecule has 0 unspecified atom stereocenters. The molecule has 0 aliphatic heterocycles. The number of hydrogen-bond acceptors (Lipinski definition) is 6. The van der Waals surface area contributed by atoms with E-state index in [4.69, 9.17) is 17.3 Å². The number of carbonyl (C=O) groups excluding carboxylic acids is 2. The average Bonchev–Trinajstić information content (AvgIpc) is 3.28. The Morgan fingerprint density at radius 3 is 2.68 bits per heavy atom. The van der Waals surface area contributed by atoms with Gasteiger partial charge in [-0.15, -0.1) is 10.2 Å². The van der Waals surface area contributed by atoms with Gasteiger partial charge in [-0.2, -0.15) is 4.80 Å². The van der Waals surface area contributed by atoms with Crippen molar-refractivity contribution < 1.29 is 14.0 Å². The third-order valence-electron chi connectivity index (χ3n) is 6.00. The number of amides is 2. The zero-order chi connectivity index (χ0) is 24.2. The predicted octanol–water partition coefficient (Wildman–Crippen LogP) is 3.06. The van der Waals surface area contributed by atoms with Crippen LogP contribution in [-0.4, -0.2) is 37.0 Å². The van der Waals surface area contributed by atoms with Crippen molar-refractivity contribution in [3.63, 3.8) is 0 Å². The van der Waals surface area contributed by atoms with Crippen LogP contribution in [0.3, 0.4) is 0 Å². The summed E-state index contributed by atoms with van der Waals surface area (Å²) in [6.07, 6.45) is 3.35. The standard InChI is InChI=1S/C23H25ClFN7O2/c1-13-8-17(10-20(28-13)23(34)27-11-15-4-7-19(25)18(24)9-15)22-29-31-32(30-22)12-14-2-5-16(6-3-14)21(26)33/h4,7-10,14,16H,2-3,5-6,11-12H2,1H3,(H2,26,33)(H,27,34). The van der Waals surface area contributed by atoms with Crippen molar-refractivity contribution in [2.75, 3.05) is 0 Å². The lowest BCUT2D eigenvalue weighted by atomic mass is 9.82. The summed E-state index contributed by atoms with van der Waals surface area (Å²) in [5, 5.41) is 15.5. The molecule has 1 fully saturated rings. The molecule has 1 aromatic carbocycles. The topological polar surface area (TPSA) is 129 Å². The fraction of sp³-hybridized carbons (Fsp3) is 0.391. The first kappa shape index (κ1) is 23.7. The second-order valence-corrected chi connectivity index (χ2v) is 9.01. The van der Waals surface area contributed by atoms with E-state index < -0.39 is 5.82 Å². The lowest BCUT2D eigenvalue weighted by molar-refractivity contribution is -0.123. The van der Waals surface area contributed by atoms with Gasteiger partial charge in [0.05, 0.1) is 11.6 Å². The number of carbonyl (C=O) groups is 2. The van der Waals surface area contributed by atoms with Gasteiger partial charge in [-0.25, -0.2) is 9.37 Å². The Labute approximate surface area is 200 Å². The summed E-state index contributed by atoms with van der Waals surface area (Å²) in [5.74, 6) is -0.410. The summed E-state index contributed by atoms with van der Waals surface area (Å²) in [6, 6.07) is 7.68. The highest BCUT2D eigenvalue weighted by Crippen LogP contribution is 2.29. The number of nitrogens with two attached hydrogens (primary N) is 1. The van der Waals surface area contributed by atoms with E-state index in [2.05, 4.69) is 25.7 Å². The van der Waals surface area contributed by atoms with Gasteiger partial charge in [-0.3, -0.25) is 9.59 Å². The Kier molecular flexibility index (Phi) is 7.16. The first-order valence-corrected chi connectivity index (χ1v) is 11.4. The maximum Gasteiger partial charge on any atom is 0.270 e. The second-order valence-electron chi connectivity index (χ2n) is 8.60. The Morgan fingerprint density at radius 1 is 1.21 bits per heavy atom. The van der Waals surface area contributed by atoms with Crippen molar-refractivity contribution in [3.05, 3.63) is 58.1 Å². The number of hydrogen-bond donors (Lipinski definition) is 2. The molecule has 11 heteroatoms. The molecule has 0 spiro atoms. The van der Waals surface area contributed by atoms with E-state index in [0.717, 1.165) is 25.7 Å². The normalized spacial score (nSPS) is 18.0. The number of primary amides is 1. The molecule has 1 aliphatic carbocycles. The van der Waals surface area contributed by atoms with E-state index in [0.29, 0.717) is 35.1 Å². The lowest BCUT2D eigenvalue weighted by Crippen LogP contribution is -2.29. The number of nitrogens with zero attached hydrogens (tertiary/aromatic N) is 5. The first-order chi connectivity index (χ1) is 16.3. The van der Waals surface area contributed by atoms with Crippen LogP contribution >= 0.6 is 11.6 Å². The van der Waals surface area contributed by atoms with Crippen molar-refractivity contribution in [3.8, 4) is 11.4 Å². The third kappa shape index (κ3) is 5.74.